The molecule has 1 aromatic carbocycles. The molecule has 0 saturated carbocycles. The number of hydrogen-bond acceptors (Lipinski definition) is 5. The Morgan fingerprint density at radius 1 is 1.29 bits per heavy atom. The van der Waals surface area contributed by atoms with Crippen LogP contribution < -0.4 is 4.72 Å². The maximum absolute atomic E-state index is 12.3. The van der Waals surface area contributed by atoms with E-state index >= 15 is 0 Å². The van der Waals surface area contributed by atoms with Gasteiger partial charge in [0.25, 0.3) is 15.7 Å². The number of aromatic nitrogens is 2. The molecule has 0 bridgehead atoms. The second kappa shape index (κ2) is 5.17. The van der Waals surface area contributed by atoms with Crippen LogP contribution in [-0.4, -0.2) is 23.1 Å². The first-order valence-electron chi connectivity index (χ1n) is 5.99. The van der Waals surface area contributed by atoms with Gasteiger partial charge in [0.2, 0.25) is 0 Å². The minimum absolute atomic E-state index is 0.00745. The van der Waals surface area contributed by atoms with Gasteiger partial charge < -0.3 is 0 Å². The van der Waals surface area contributed by atoms with Crippen molar-refractivity contribution in [2.24, 2.45) is 7.05 Å². The van der Waals surface area contributed by atoms with Crippen molar-refractivity contribution in [2.45, 2.75) is 18.7 Å². The van der Waals surface area contributed by atoms with E-state index < -0.39 is 14.9 Å². The highest BCUT2D eigenvalue weighted by atomic mass is 32.2. The number of benzene rings is 1. The van der Waals surface area contributed by atoms with Gasteiger partial charge in [0.05, 0.1) is 15.5 Å². The minimum atomic E-state index is -3.83. The number of rotatable bonds is 4. The van der Waals surface area contributed by atoms with Crippen molar-refractivity contribution in [1.29, 1.82) is 0 Å². The predicted molar refractivity (Wildman–Crippen MR) is 76.6 cm³/mol. The summed E-state index contributed by atoms with van der Waals surface area (Å²) in [6.07, 6.45) is 0. The maximum atomic E-state index is 12.3. The van der Waals surface area contributed by atoms with Gasteiger partial charge in [-0.3, -0.25) is 19.5 Å². The molecule has 21 heavy (non-hydrogen) atoms. The van der Waals surface area contributed by atoms with E-state index in [1.54, 1.807) is 20.0 Å². The molecule has 0 aliphatic carbocycles. The van der Waals surface area contributed by atoms with Gasteiger partial charge in [-0.1, -0.05) is 0 Å². The molecule has 1 N–H and O–H groups in total. The third-order valence-electron chi connectivity index (χ3n) is 2.90. The molecule has 0 atom stereocenters. The van der Waals surface area contributed by atoms with E-state index in [2.05, 4.69) is 9.82 Å². The fraction of sp³-hybridized carbons (Fsp3) is 0.250. The lowest BCUT2D eigenvalue weighted by molar-refractivity contribution is -0.385. The Balaban J connectivity index is 2.40. The van der Waals surface area contributed by atoms with Gasteiger partial charge in [-0.25, -0.2) is 8.42 Å². The molecule has 0 amide bonds. The number of nitrogens with one attached hydrogen (secondary N) is 1. The monoisotopic (exact) mass is 310 g/mol. The van der Waals surface area contributed by atoms with Crippen LogP contribution in [0.3, 0.4) is 0 Å². The van der Waals surface area contributed by atoms with Crippen LogP contribution in [0.25, 0.3) is 0 Å². The molecule has 112 valence electrons. The van der Waals surface area contributed by atoms with Crippen LogP contribution in [0.2, 0.25) is 0 Å². The molecular weight excluding hydrogens is 296 g/mol. The molecule has 0 fully saturated rings. The lowest BCUT2D eigenvalue weighted by atomic mass is 10.2. The molecule has 0 saturated heterocycles. The maximum Gasteiger partial charge on any atom is 0.269 e. The highest BCUT2D eigenvalue weighted by Crippen LogP contribution is 2.23. The lowest BCUT2D eigenvalue weighted by Gasteiger charge is -2.10. The number of nitro groups is 1. The van der Waals surface area contributed by atoms with Crippen molar-refractivity contribution in [3.63, 3.8) is 0 Å². The van der Waals surface area contributed by atoms with Crippen LogP contribution in [0.4, 0.5) is 11.5 Å². The SMILES string of the molecule is Cc1cc(NS(=O)(=O)c2ccc([N+](=O)[O-])cc2C)n(C)n1. The Morgan fingerprint density at radius 3 is 2.43 bits per heavy atom. The Morgan fingerprint density at radius 2 is 1.95 bits per heavy atom. The Bertz CT molecular complexity index is 811. The molecule has 0 spiro atoms. The molecule has 2 rings (SSSR count). The largest absolute Gasteiger partial charge is 0.269 e. The minimum Gasteiger partial charge on any atom is -0.264 e. The highest BCUT2D eigenvalue weighted by molar-refractivity contribution is 7.92. The van der Waals surface area contributed by atoms with Crippen molar-refractivity contribution in [3.8, 4) is 0 Å². The predicted octanol–water partition coefficient (Wildman–Crippen LogP) is 1.75. The van der Waals surface area contributed by atoms with Crippen LogP contribution in [0, 0.1) is 24.0 Å². The zero-order valence-corrected chi connectivity index (χ0v) is 12.5. The van der Waals surface area contributed by atoms with Crippen molar-refractivity contribution in [3.05, 3.63) is 45.6 Å². The molecule has 9 heteroatoms. The van der Waals surface area contributed by atoms with Crippen LogP contribution in [0.5, 0.6) is 0 Å². The average molecular weight is 310 g/mol. The van der Waals surface area contributed by atoms with Crippen LogP contribution >= 0.6 is 0 Å². The van der Waals surface area contributed by atoms with Crippen molar-refractivity contribution in [2.75, 3.05) is 4.72 Å². The molecular formula is C12H14N4O4S. The Hall–Kier alpha value is -2.42. The first-order valence-corrected chi connectivity index (χ1v) is 7.47. The third kappa shape index (κ3) is 3.02. The summed E-state index contributed by atoms with van der Waals surface area (Å²) in [7, 11) is -2.21. The summed E-state index contributed by atoms with van der Waals surface area (Å²) in [5.41, 5.74) is 0.828. The van der Waals surface area contributed by atoms with Crippen molar-refractivity contribution >= 4 is 21.5 Å². The smallest absolute Gasteiger partial charge is 0.264 e. The summed E-state index contributed by atoms with van der Waals surface area (Å²) in [5, 5.41) is 14.7. The Labute approximate surface area is 121 Å². The molecule has 2 aromatic rings. The van der Waals surface area contributed by atoms with Crippen LogP contribution in [-0.2, 0) is 17.1 Å². The molecule has 0 aliphatic heterocycles. The van der Waals surface area contributed by atoms with E-state index in [4.69, 9.17) is 0 Å². The number of hydrogen-bond donors (Lipinski definition) is 1. The molecule has 1 heterocycles. The second-order valence-electron chi connectivity index (χ2n) is 4.61. The Kier molecular flexibility index (Phi) is 3.69. The van der Waals surface area contributed by atoms with Gasteiger partial charge >= 0.3 is 0 Å². The van der Waals surface area contributed by atoms with E-state index in [0.717, 1.165) is 6.07 Å². The average Bonchev–Trinajstić information content (AvgIpc) is 2.66. The third-order valence-corrected chi connectivity index (χ3v) is 4.41. The van der Waals surface area contributed by atoms with Gasteiger partial charge in [-0.15, -0.1) is 0 Å². The van der Waals surface area contributed by atoms with E-state index in [9.17, 15) is 18.5 Å². The topological polar surface area (TPSA) is 107 Å². The number of nitrogens with zero attached hydrogens (tertiary/aromatic N) is 3. The van der Waals surface area contributed by atoms with E-state index in [1.807, 2.05) is 0 Å². The van der Waals surface area contributed by atoms with Crippen LogP contribution in [0.1, 0.15) is 11.3 Å². The second-order valence-corrected chi connectivity index (χ2v) is 6.26. The van der Waals surface area contributed by atoms with Crippen molar-refractivity contribution in [1.82, 2.24) is 9.78 Å². The van der Waals surface area contributed by atoms with E-state index in [-0.39, 0.29) is 10.6 Å². The molecule has 0 unspecified atom stereocenters. The number of sulfonamides is 1. The van der Waals surface area contributed by atoms with Gasteiger partial charge in [0.15, 0.2) is 0 Å². The summed E-state index contributed by atoms with van der Waals surface area (Å²) in [6.45, 7) is 3.25. The number of non-ortho nitro benzene ring substituents is 1. The zero-order chi connectivity index (χ0) is 15.8. The molecule has 0 radical (unpaired) electrons. The summed E-state index contributed by atoms with van der Waals surface area (Å²) in [4.78, 5) is 10.1. The standard InChI is InChI=1S/C12H14N4O4S/c1-8-6-10(16(17)18)4-5-11(8)21(19,20)14-12-7-9(2)13-15(12)3/h4-7,14H,1-3H3. The normalized spacial score (nSPS) is 11.4. The number of anilines is 1. The summed E-state index contributed by atoms with van der Waals surface area (Å²) >= 11 is 0. The number of nitro benzene ring substituents is 1. The van der Waals surface area contributed by atoms with E-state index in [1.165, 1.54) is 23.7 Å². The summed E-state index contributed by atoms with van der Waals surface area (Å²) in [5.74, 6) is 0.324. The van der Waals surface area contributed by atoms with Gasteiger partial charge in [0.1, 0.15) is 5.82 Å². The van der Waals surface area contributed by atoms with Gasteiger partial charge in [-0.05, 0) is 25.5 Å². The molecule has 8 nitrogen and oxygen atoms in total. The summed E-state index contributed by atoms with van der Waals surface area (Å²) < 4.78 is 28.5. The highest BCUT2D eigenvalue weighted by Gasteiger charge is 2.20. The van der Waals surface area contributed by atoms with Crippen LogP contribution in [0.15, 0.2) is 29.2 Å². The van der Waals surface area contributed by atoms with E-state index in [0.29, 0.717) is 17.1 Å². The van der Waals surface area contributed by atoms with Gasteiger partial charge in [-0.2, -0.15) is 5.10 Å². The molecule has 1 aromatic heterocycles. The van der Waals surface area contributed by atoms with Gasteiger partial charge in [0, 0.05) is 25.2 Å². The quantitative estimate of drug-likeness (QED) is 0.683. The fourth-order valence-corrected chi connectivity index (χ4v) is 3.25. The summed E-state index contributed by atoms with van der Waals surface area (Å²) in [6, 6.07) is 5.20. The fourth-order valence-electron chi connectivity index (χ4n) is 1.95. The first-order chi connectivity index (χ1) is 9.70. The lowest BCUT2D eigenvalue weighted by Crippen LogP contribution is -2.16. The zero-order valence-electron chi connectivity index (χ0n) is 11.7. The van der Waals surface area contributed by atoms with Crippen molar-refractivity contribution < 1.29 is 13.3 Å². The first kappa shape index (κ1) is 15.0. The number of aryl methyl sites for hydroxylation is 3. The molecule has 0 aliphatic rings.